The van der Waals surface area contributed by atoms with Crippen LogP contribution in [0.2, 0.25) is 0 Å². The Balaban J connectivity index is 2.03. The van der Waals surface area contributed by atoms with E-state index in [2.05, 4.69) is 16.7 Å². The molecular weight excluding hydrogens is 386 g/mol. The molecule has 0 radical (unpaired) electrons. The summed E-state index contributed by atoms with van der Waals surface area (Å²) in [6.45, 7) is 8.36. The van der Waals surface area contributed by atoms with Gasteiger partial charge in [0.25, 0.3) is 10.0 Å². The number of carbonyl (C=O) groups excluding carboxylic acids is 1. The molecule has 148 valence electrons. The predicted octanol–water partition coefficient (Wildman–Crippen LogP) is 3.38. The highest BCUT2D eigenvalue weighted by atomic mass is 32.2. The summed E-state index contributed by atoms with van der Waals surface area (Å²) in [4.78, 5) is 13.7. The van der Waals surface area contributed by atoms with Crippen molar-refractivity contribution in [3.63, 3.8) is 0 Å². The van der Waals surface area contributed by atoms with E-state index in [0.717, 1.165) is 29.7 Å². The molecule has 27 heavy (non-hydrogen) atoms. The van der Waals surface area contributed by atoms with Crippen LogP contribution in [-0.2, 0) is 34.1 Å². The van der Waals surface area contributed by atoms with Crippen LogP contribution < -0.4 is 4.72 Å². The molecule has 0 unspecified atom stereocenters. The number of anilines is 1. The summed E-state index contributed by atoms with van der Waals surface area (Å²) in [5.74, 6) is 0.0453. The lowest BCUT2D eigenvalue weighted by Crippen LogP contribution is -2.17. The van der Waals surface area contributed by atoms with Gasteiger partial charge in [-0.3, -0.25) is 9.40 Å². The summed E-state index contributed by atoms with van der Waals surface area (Å²) in [7, 11) is -3.85. The number of hydrogen-bond acceptors (Lipinski definition) is 6. The molecule has 0 fully saturated rings. The van der Waals surface area contributed by atoms with Gasteiger partial charge < -0.3 is 4.74 Å². The SMILES string of the molecule is CCOC(=O)c1c(NS(=O)(=O)c2cnn(CC)c2C)sc2c1CC[C@@H](C)C2. The molecule has 1 aliphatic carbocycles. The number of carbonyl (C=O) groups is 1. The highest BCUT2D eigenvalue weighted by Gasteiger charge is 2.31. The molecule has 0 aromatic carbocycles. The van der Waals surface area contributed by atoms with Gasteiger partial charge in [-0.2, -0.15) is 5.10 Å². The van der Waals surface area contributed by atoms with Crippen molar-refractivity contribution in [2.45, 2.75) is 58.4 Å². The molecular formula is C18H25N3O4S2. The van der Waals surface area contributed by atoms with Crippen LogP contribution in [0.3, 0.4) is 0 Å². The Morgan fingerprint density at radius 2 is 2.19 bits per heavy atom. The third-order valence-electron chi connectivity index (χ3n) is 4.87. The summed E-state index contributed by atoms with van der Waals surface area (Å²) in [6, 6.07) is 0. The normalized spacial score (nSPS) is 16.8. The zero-order valence-corrected chi connectivity index (χ0v) is 17.7. The van der Waals surface area contributed by atoms with Gasteiger partial charge in [-0.15, -0.1) is 11.3 Å². The average molecular weight is 412 g/mol. The molecule has 0 amide bonds. The van der Waals surface area contributed by atoms with Gasteiger partial charge in [0.1, 0.15) is 9.90 Å². The fraction of sp³-hybridized carbons (Fsp3) is 0.556. The van der Waals surface area contributed by atoms with Gasteiger partial charge in [-0.05, 0) is 51.5 Å². The highest BCUT2D eigenvalue weighted by Crippen LogP contribution is 2.41. The maximum atomic E-state index is 13.0. The number of rotatable bonds is 6. The van der Waals surface area contributed by atoms with E-state index in [9.17, 15) is 13.2 Å². The van der Waals surface area contributed by atoms with Gasteiger partial charge in [0.05, 0.1) is 24.1 Å². The Labute approximate surface area is 163 Å². The maximum Gasteiger partial charge on any atom is 0.341 e. The minimum Gasteiger partial charge on any atom is -0.462 e. The third kappa shape index (κ3) is 3.75. The second-order valence-corrected chi connectivity index (χ2v) is 9.55. The Morgan fingerprint density at radius 1 is 1.44 bits per heavy atom. The Morgan fingerprint density at radius 3 is 2.81 bits per heavy atom. The van der Waals surface area contributed by atoms with E-state index in [1.807, 2.05) is 6.92 Å². The summed E-state index contributed by atoms with van der Waals surface area (Å²) < 4.78 is 35.4. The van der Waals surface area contributed by atoms with E-state index in [4.69, 9.17) is 4.74 Å². The molecule has 1 atom stereocenters. The first-order valence-electron chi connectivity index (χ1n) is 9.15. The van der Waals surface area contributed by atoms with Crippen LogP contribution in [0.1, 0.15) is 53.7 Å². The number of nitrogens with one attached hydrogen (secondary N) is 1. The molecule has 2 aromatic rings. The van der Waals surface area contributed by atoms with Crippen LogP contribution in [0.5, 0.6) is 0 Å². The van der Waals surface area contributed by atoms with Crippen molar-refractivity contribution >= 4 is 32.3 Å². The minimum atomic E-state index is -3.85. The molecule has 2 aromatic heterocycles. The summed E-state index contributed by atoms with van der Waals surface area (Å²) >= 11 is 1.34. The molecule has 3 rings (SSSR count). The number of thiophene rings is 1. The first kappa shape index (κ1) is 19.9. The van der Waals surface area contributed by atoms with Crippen molar-refractivity contribution in [1.82, 2.24) is 9.78 Å². The van der Waals surface area contributed by atoms with Gasteiger partial charge in [-0.25, -0.2) is 13.2 Å². The number of hydrogen-bond donors (Lipinski definition) is 1. The second-order valence-electron chi connectivity index (χ2n) is 6.79. The van der Waals surface area contributed by atoms with E-state index < -0.39 is 16.0 Å². The lowest BCUT2D eigenvalue weighted by Gasteiger charge is -2.18. The number of esters is 1. The fourth-order valence-corrected chi connectivity index (χ4v) is 6.31. The summed E-state index contributed by atoms with van der Waals surface area (Å²) in [6.07, 6.45) is 3.93. The van der Waals surface area contributed by atoms with E-state index in [-0.39, 0.29) is 11.5 Å². The fourth-order valence-electron chi connectivity index (χ4n) is 3.43. The quantitative estimate of drug-likeness (QED) is 0.736. The molecule has 0 aliphatic heterocycles. The predicted molar refractivity (Wildman–Crippen MR) is 105 cm³/mol. The summed E-state index contributed by atoms with van der Waals surface area (Å²) in [5, 5.41) is 4.46. The standard InChI is InChI=1S/C18H25N3O4S2/c1-5-21-12(4)15(10-19-21)27(23,24)20-17-16(18(22)25-6-2)13-8-7-11(3)9-14(13)26-17/h10-11,20H,5-9H2,1-4H3/t11-/m1/s1. The first-order chi connectivity index (χ1) is 12.8. The zero-order chi connectivity index (χ0) is 19.8. The van der Waals surface area contributed by atoms with Gasteiger partial charge in [0.15, 0.2) is 0 Å². The van der Waals surface area contributed by atoms with Crippen molar-refractivity contribution in [3.8, 4) is 0 Å². The molecule has 0 saturated carbocycles. The van der Waals surface area contributed by atoms with Crippen molar-refractivity contribution < 1.29 is 17.9 Å². The van der Waals surface area contributed by atoms with Gasteiger partial charge >= 0.3 is 5.97 Å². The van der Waals surface area contributed by atoms with Gasteiger partial charge in [-0.1, -0.05) is 6.92 Å². The van der Waals surface area contributed by atoms with E-state index >= 15 is 0 Å². The van der Waals surface area contributed by atoms with Crippen LogP contribution in [-0.4, -0.2) is 30.8 Å². The number of sulfonamides is 1. The topological polar surface area (TPSA) is 90.3 Å². The molecule has 0 saturated heterocycles. The molecule has 1 N–H and O–H groups in total. The second kappa shape index (κ2) is 7.63. The molecule has 1 aliphatic rings. The highest BCUT2D eigenvalue weighted by molar-refractivity contribution is 7.93. The van der Waals surface area contributed by atoms with Crippen molar-refractivity contribution in [2.24, 2.45) is 5.92 Å². The van der Waals surface area contributed by atoms with Crippen LogP contribution in [0, 0.1) is 12.8 Å². The van der Waals surface area contributed by atoms with Crippen LogP contribution in [0.4, 0.5) is 5.00 Å². The number of aryl methyl sites for hydroxylation is 1. The van der Waals surface area contributed by atoms with Crippen LogP contribution >= 0.6 is 11.3 Å². The largest absolute Gasteiger partial charge is 0.462 e. The van der Waals surface area contributed by atoms with E-state index in [1.54, 1.807) is 18.5 Å². The van der Waals surface area contributed by atoms with E-state index in [0.29, 0.717) is 28.7 Å². The van der Waals surface area contributed by atoms with Gasteiger partial charge in [0, 0.05) is 11.4 Å². The first-order valence-corrected chi connectivity index (χ1v) is 11.4. The van der Waals surface area contributed by atoms with Crippen molar-refractivity contribution in [3.05, 3.63) is 27.9 Å². The smallest absolute Gasteiger partial charge is 0.341 e. The van der Waals surface area contributed by atoms with E-state index in [1.165, 1.54) is 17.5 Å². The Hall–Kier alpha value is -1.87. The minimum absolute atomic E-state index is 0.124. The lowest BCUT2D eigenvalue weighted by molar-refractivity contribution is 0.0526. The van der Waals surface area contributed by atoms with Gasteiger partial charge in [0.2, 0.25) is 0 Å². The maximum absolute atomic E-state index is 13.0. The number of fused-ring (bicyclic) bond motifs is 1. The number of ether oxygens (including phenoxy) is 1. The monoisotopic (exact) mass is 411 g/mol. The molecule has 0 spiro atoms. The molecule has 9 heteroatoms. The number of aromatic nitrogens is 2. The molecule has 7 nitrogen and oxygen atoms in total. The number of nitrogens with zero attached hydrogens (tertiary/aromatic N) is 2. The Kier molecular flexibility index (Phi) is 5.62. The average Bonchev–Trinajstić information content (AvgIpc) is 3.14. The molecule has 2 heterocycles. The van der Waals surface area contributed by atoms with Crippen LogP contribution in [0.15, 0.2) is 11.1 Å². The molecule has 0 bridgehead atoms. The van der Waals surface area contributed by atoms with Crippen molar-refractivity contribution in [1.29, 1.82) is 0 Å². The zero-order valence-electron chi connectivity index (χ0n) is 16.0. The van der Waals surface area contributed by atoms with Crippen LogP contribution in [0.25, 0.3) is 0 Å². The Bertz CT molecular complexity index is 960. The summed E-state index contributed by atoms with van der Waals surface area (Å²) in [5.41, 5.74) is 1.86. The third-order valence-corrected chi connectivity index (χ3v) is 7.62. The van der Waals surface area contributed by atoms with Crippen molar-refractivity contribution in [2.75, 3.05) is 11.3 Å². The lowest BCUT2D eigenvalue weighted by atomic mass is 9.88.